The Hall–Kier alpha value is -1.28. The molecule has 1 aliphatic heterocycles. The highest BCUT2D eigenvalue weighted by Gasteiger charge is 2.22. The van der Waals surface area contributed by atoms with Crippen LogP contribution in [0.5, 0.6) is 0 Å². The van der Waals surface area contributed by atoms with Crippen molar-refractivity contribution in [1.29, 1.82) is 0 Å². The number of aromatic nitrogens is 1. The van der Waals surface area contributed by atoms with Gasteiger partial charge in [-0.15, -0.1) is 0 Å². The van der Waals surface area contributed by atoms with E-state index in [2.05, 4.69) is 48.0 Å². The van der Waals surface area contributed by atoms with Gasteiger partial charge in [0, 0.05) is 23.1 Å². The van der Waals surface area contributed by atoms with E-state index in [0.717, 1.165) is 25.6 Å². The quantitative estimate of drug-likeness (QED) is 0.883. The lowest BCUT2D eigenvalue weighted by Gasteiger charge is -2.23. The molecular weight excluding hydrogens is 232 g/mol. The molecule has 102 valence electrons. The summed E-state index contributed by atoms with van der Waals surface area (Å²) in [5.41, 5.74) is 4.54. The van der Waals surface area contributed by atoms with Gasteiger partial charge in [-0.25, -0.2) is 0 Å². The molecule has 2 heteroatoms. The van der Waals surface area contributed by atoms with Crippen LogP contribution < -0.4 is 5.32 Å². The van der Waals surface area contributed by atoms with E-state index in [0.29, 0.717) is 0 Å². The predicted octanol–water partition coefficient (Wildman–Crippen LogP) is 3.83. The minimum Gasteiger partial charge on any atom is -0.345 e. The minimum absolute atomic E-state index is 0.740. The number of nitrogens with zero attached hydrogens (tertiary/aromatic N) is 1. The van der Waals surface area contributed by atoms with Gasteiger partial charge in [-0.2, -0.15) is 0 Å². The molecule has 2 nitrogen and oxygen atoms in total. The van der Waals surface area contributed by atoms with Gasteiger partial charge in [-0.05, 0) is 56.8 Å². The molecule has 0 bridgehead atoms. The molecule has 2 aromatic rings. The smallest absolute Gasteiger partial charge is 0.0485 e. The van der Waals surface area contributed by atoms with Crippen LogP contribution in [0.4, 0.5) is 0 Å². The van der Waals surface area contributed by atoms with Crippen molar-refractivity contribution in [1.82, 2.24) is 9.88 Å². The molecule has 0 aliphatic carbocycles. The third-order valence-electron chi connectivity index (χ3n) is 4.47. The highest BCUT2D eigenvalue weighted by atomic mass is 15.0. The summed E-state index contributed by atoms with van der Waals surface area (Å²) in [5.74, 6) is 0.740. The molecule has 1 aromatic carbocycles. The van der Waals surface area contributed by atoms with E-state index in [1.165, 1.54) is 35.9 Å². The molecule has 2 heterocycles. The molecule has 0 spiro atoms. The van der Waals surface area contributed by atoms with Crippen molar-refractivity contribution in [3.63, 3.8) is 0 Å². The highest BCUT2D eigenvalue weighted by molar-refractivity contribution is 5.86. The number of nitrogens with one attached hydrogen (secondary N) is 1. The summed E-state index contributed by atoms with van der Waals surface area (Å²) in [6.45, 7) is 8.04. The average molecular weight is 256 g/mol. The third kappa shape index (κ3) is 2.18. The van der Waals surface area contributed by atoms with E-state index in [1.54, 1.807) is 5.56 Å². The van der Waals surface area contributed by atoms with Crippen molar-refractivity contribution >= 4 is 10.9 Å². The molecule has 19 heavy (non-hydrogen) atoms. The molecular formula is C17H24N2. The molecule has 1 aromatic heterocycles. The monoisotopic (exact) mass is 256 g/mol. The van der Waals surface area contributed by atoms with Gasteiger partial charge in [0.2, 0.25) is 0 Å². The fourth-order valence-corrected chi connectivity index (χ4v) is 3.60. The van der Waals surface area contributed by atoms with Crippen molar-refractivity contribution in [2.75, 3.05) is 13.1 Å². The van der Waals surface area contributed by atoms with Crippen LogP contribution >= 0.6 is 0 Å². The maximum atomic E-state index is 3.48. The largest absolute Gasteiger partial charge is 0.345 e. The molecule has 1 saturated heterocycles. The van der Waals surface area contributed by atoms with E-state index in [9.17, 15) is 0 Å². The zero-order valence-corrected chi connectivity index (χ0v) is 12.1. The lowest BCUT2D eigenvalue weighted by atomic mass is 9.88. The van der Waals surface area contributed by atoms with E-state index < -0.39 is 0 Å². The Morgan fingerprint density at radius 2 is 1.95 bits per heavy atom. The molecule has 0 atom stereocenters. The van der Waals surface area contributed by atoms with Gasteiger partial charge in [0.25, 0.3) is 0 Å². The fourth-order valence-electron chi connectivity index (χ4n) is 3.60. The molecule has 0 saturated carbocycles. The summed E-state index contributed by atoms with van der Waals surface area (Å²) in [6, 6.07) is 8.94. The number of aryl methyl sites for hydroxylation is 1. The summed E-state index contributed by atoms with van der Waals surface area (Å²) < 4.78 is 2.52. The zero-order chi connectivity index (χ0) is 13.2. The van der Waals surface area contributed by atoms with Crippen molar-refractivity contribution in [2.24, 2.45) is 0 Å². The maximum absolute atomic E-state index is 3.48. The van der Waals surface area contributed by atoms with Crippen LogP contribution in [0.1, 0.15) is 43.4 Å². The summed E-state index contributed by atoms with van der Waals surface area (Å²) >= 11 is 0. The van der Waals surface area contributed by atoms with Crippen LogP contribution in [0.25, 0.3) is 10.9 Å². The number of hydrogen-bond acceptors (Lipinski definition) is 1. The zero-order valence-electron chi connectivity index (χ0n) is 12.1. The first-order valence-electron chi connectivity index (χ1n) is 7.61. The normalized spacial score (nSPS) is 17.2. The molecule has 1 aliphatic rings. The van der Waals surface area contributed by atoms with E-state index >= 15 is 0 Å². The molecule has 0 radical (unpaired) electrons. The Morgan fingerprint density at radius 1 is 1.21 bits per heavy atom. The third-order valence-corrected chi connectivity index (χ3v) is 4.47. The molecule has 0 unspecified atom stereocenters. The summed E-state index contributed by atoms with van der Waals surface area (Å²) in [6.07, 6.45) is 3.76. The number of para-hydroxylation sites is 1. The Bertz CT molecular complexity index is 562. The summed E-state index contributed by atoms with van der Waals surface area (Å²) in [5, 5.41) is 4.96. The first-order chi connectivity index (χ1) is 9.33. The van der Waals surface area contributed by atoms with Crippen molar-refractivity contribution in [3.05, 3.63) is 35.5 Å². The fraction of sp³-hybridized carbons (Fsp3) is 0.529. The predicted molar refractivity (Wildman–Crippen MR) is 81.8 cm³/mol. The van der Waals surface area contributed by atoms with Gasteiger partial charge in [-0.3, -0.25) is 0 Å². The number of hydrogen-bond donors (Lipinski definition) is 1. The Labute approximate surface area is 115 Å². The van der Waals surface area contributed by atoms with E-state index in [-0.39, 0.29) is 0 Å². The second kappa shape index (κ2) is 5.38. The number of benzene rings is 1. The van der Waals surface area contributed by atoms with Crippen molar-refractivity contribution < 1.29 is 0 Å². The molecule has 1 N–H and O–H groups in total. The number of piperidine rings is 1. The first-order valence-corrected chi connectivity index (χ1v) is 7.61. The van der Waals surface area contributed by atoms with Crippen LogP contribution in [0.2, 0.25) is 0 Å². The Balaban J connectivity index is 2.14. The SMILES string of the molecule is CCCn1c(C)c(C2CCNCC2)c2ccccc21. The van der Waals surface area contributed by atoms with Gasteiger partial charge in [0.05, 0.1) is 0 Å². The van der Waals surface area contributed by atoms with Crippen molar-refractivity contribution in [2.45, 2.75) is 45.6 Å². The standard InChI is InChI=1S/C17H24N2/c1-3-12-19-13(2)17(14-8-10-18-11-9-14)15-6-4-5-7-16(15)19/h4-7,14,18H,3,8-12H2,1-2H3. The van der Waals surface area contributed by atoms with Gasteiger partial charge < -0.3 is 9.88 Å². The van der Waals surface area contributed by atoms with Gasteiger partial charge in [0.15, 0.2) is 0 Å². The highest BCUT2D eigenvalue weighted by Crippen LogP contribution is 2.36. The lowest BCUT2D eigenvalue weighted by Crippen LogP contribution is -2.26. The molecule has 1 fully saturated rings. The molecule has 3 rings (SSSR count). The lowest BCUT2D eigenvalue weighted by molar-refractivity contribution is 0.459. The number of rotatable bonds is 3. The Kier molecular flexibility index (Phi) is 3.61. The van der Waals surface area contributed by atoms with Crippen LogP contribution in [0.3, 0.4) is 0 Å². The topological polar surface area (TPSA) is 17.0 Å². The van der Waals surface area contributed by atoms with Crippen LogP contribution in [-0.2, 0) is 6.54 Å². The van der Waals surface area contributed by atoms with Crippen LogP contribution in [-0.4, -0.2) is 17.7 Å². The van der Waals surface area contributed by atoms with Crippen LogP contribution in [0.15, 0.2) is 24.3 Å². The average Bonchev–Trinajstić information content (AvgIpc) is 2.73. The van der Waals surface area contributed by atoms with E-state index in [1.807, 2.05) is 0 Å². The van der Waals surface area contributed by atoms with Gasteiger partial charge >= 0.3 is 0 Å². The Morgan fingerprint density at radius 3 is 2.68 bits per heavy atom. The van der Waals surface area contributed by atoms with Gasteiger partial charge in [0.1, 0.15) is 0 Å². The van der Waals surface area contributed by atoms with Crippen LogP contribution in [0, 0.1) is 6.92 Å². The molecule has 0 amide bonds. The van der Waals surface area contributed by atoms with E-state index in [4.69, 9.17) is 0 Å². The number of fused-ring (bicyclic) bond motifs is 1. The second-order valence-electron chi connectivity index (χ2n) is 5.69. The summed E-state index contributed by atoms with van der Waals surface area (Å²) in [7, 11) is 0. The van der Waals surface area contributed by atoms with Gasteiger partial charge in [-0.1, -0.05) is 25.1 Å². The van der Waals surface area contributed by atoms with Crippen molar-refractivity contribution in [3.8, 4) is 0 Å². The first kappa shape index (κ1) is 12.7. The summed E-state index contributed by atoms with van der Waals surface area (Å²) in [4.78, 5) is 0. The maximum Gasteiger partial charge on any atom is 0.0485 e. The second-order valence-corrected chi connectivity index (χ2v) is 5.69. The minimum atomic E-state index is 0.740.